The maximum absolute atomic E-state index is 12.5. The summed E-state index contributed by atoms with van der Waals surface area (Å²) in [5.74, 6) is 1.11. The van der Waals surface area contributed by atoms with Crippen molar-refractivity contribution in [3.8, 4) is 0 Å². The monoisotopic (exact) mass is 515 g/mol. The van der Waals surface area contributed by atoms with Crippen molar-refractivity contribution in [2.75, 3.05) is 46.8 Å². The van der Waals surface area contributed by atoms with Crippen LogP contribution in [0.4, 0.5) is 0 Å². The van der Waals surface area contributed by atoms with Gasteiger partial charge in [0.1, 0.15) is 6.54 Å². The number of amides is 2. The zero-order valence-corrected chi connectivity index (χ0v) is 20.0. The highest BCUT2D eigenvalue weighted by atomic mass is 127. The fourth-order valence-electron chi connectivity index (χ4n) is 3.24. The SMILES string of the molecule is CCNC(=NCC(=O)N1CCC(Cc2ccccc2)CC1)NCC(=O)N(C)C.I. The Balaban J connectivity index is 0.00000420. The molecule has 0 atom stereocenters. The Morgan fingerprint density at radius 2 is 1.79 bits per heavy atom. The number of rotatable bonds is 7. The third-order valence-corrected chi connectivity index (χ3v) is 4.96. The predicted octanol–water partition coefficient (Wildman–Crippen LogP) is 1.73. The van der Waals surface area contributed by atoms with Crippen LogP contribution in [0.1, 0.15) is 25.3 Å². The van der Waals surface area contributed by atoms with Crippen LogP contribution in [0.15, 0.2) is 35.3 Å². The fourth-order valence-corrected chi connectivity index (χ4v) is 3.24. The van der Waals surface area contributed by atoms with Gasteiger partial charge in [0.15, 0.2) is 5.96 Å². The average Bonchev–Trinajstić information content (AvgIpc) is 2.70. The van der Waals surface area contributed by atoms with Crippen molar-refractivity contribution in [2.24, 2.45) is 10.9 Å². The van der Waals surface area contributed by atoms with Gasteiger partial charge >= 0.3 is 0 Å². The van der Waals surface area contributed by atoms with Gasteiger partial charge in [-0.2, -0.15) is 0 Å². The maximum Gasteiger partial charge on any atom is 0.244 e. The molecule has 1 aliphatic rings. The van der Waals surface area contributed by atoms with Crippen molar-refractivity contribution in [1.29, 1.82) is 0 Å². The first-order valence-electron chi connectivity index (χ1n) is 10.0. The van der Waals surface area contributed by atoms with Crippen molar-refractivity contribution < 1.29 is 9.59 Å². The Bertz CT molecular complexity index is 658. The first kappa shape index (κ1) is 25.2. The largest absolute Gasteiger partial charge is 0.357 e. The molecule has 1 aromatic rings. The lowest BCUT2D eigenvalue weighted by molar-refractivity contribution is -0.131. The summed E-state index contributed by atoms with van der Waals surface area (Å²) >= 11 is 0. The first-order chi connectivity index (χ1) is 13.5. The number of likely N-dealkylation sites (N-methyl/N-ethyl adjacent to an activating group) is 1. The van der Waals surface area contributed by atoms with Crippen molar-refractivity contribution >= 4 is 41.8 Å². The van der Waals surface area contributed by atoms with E-state index in [-0.39, 0.29) is 48.9 Å². The molecule has 162 valence electrons. The van der Waals surface area contributed by atoms with Crippen molar-refractivity contribution in [3.63, 3.8) is 0 Å². The van der Waals surface area contributed by atoms with E-state index < -0.39 is 0 Å². The molecule has 0 unspecified atom stereocenters. The van der Waals surface area contributed by atoms with Gasteiger partial charge in [-0.1, -0.05) is 30.3 Å². The van der Waals surface area contributed by atoms with Gasteiger partial charge in [0.05, 0.1) is 6.54 Å². The summed E-state index contributed by atoms with van der Waals surface area (Å²) in [6, 6.07) is 10.5. The minimum absolute atomic E-state index is 0. The number of hydrogen-bond acceptors (Lipinski definition) is 3. The molecule has 1 aromatic carbocycles. The molecular weight excluding hydrogens is 481 g/mol. The van der Waals surface area contributed by atoms with E-state index in [1.807, 2.05) is 17.9 Å². The standard InChI is InChI=1S/C21H33N5O2.HI/c1-4-22-21(23-15-19(27)25(2)3)24-16-20(28)26-12-10-18(11-13-26)14-17-8-6-5-7-9-17;/h5-9,18H,4,10-16H2,1-3H3,(H2,22,23,24);1H. The summed E-state index contributed by atoms with van der Waals surface area (Å²) in [5, 5.41) is 6.04. The van der Waals surface area contributed by atoms with Crippen LogP contribution in [0.2, 0.25) is 0 Å². The average molecular weight is 515 g/mol. The number of piperidine rings is 1. The lowest BCUT2D eigenvalue weighted by Gasteiger charge is -2.32. The summed E-state index contributed by atoms with van der Waals surface area (Å²) in [4.78, 5) is 32.0. The topological polar surface area (TPSA) is 77.0 Å². The number of benzene rings is 1. The predicted molar refractivity (Wildman–Crippen MR) is 128 cm³/mol. The Labute approximate surface area is 191 Å². The molecule has 0 saturated carbocycles. The van der Waals surface area contributed by atoms with Gasteiger partial charge in [0.25, 0.3) is 0 Å². The minimum atomic E-state index is -0.0441. The van der Waals surface area contributed by atoms with Crippen molar-refractivity contribution in [2.45, 2.75) is 26.2 Å². The van der Waals surface area contributed by atoms with Crippen LogP contribution in [0.25, 0.3) is 0 Å². The number of aliphatic imine (C=N–C) groups is 1. The molecule has 0 bridgehead atoms. The molecule has 0 aliphatic carbocycles. The second-order valence-corrected chi connectivity index (χ2v) is 7.35. The smallest absolute Gasteiger partial charge is 0.244 e. The van der Waals surface area contributed by atoms with Gasteiger partial charge < -0.3 is 20.4 Å². The lowest BCUT2D eigenvalue weighted by Crippen LogP contribution is -2.44. The minimum Gasteiger partial charge on any atom is -0.357 e. The van der Waals surface area contributed by atoms with E-state index in [1.54, 1.807) is 14.1 Å². The van der Waals surface area contributed by atoms with Gasteiger partial charge in [0, 0.05) is 33.7 Å². The Hall–Kier alpha value is -1.84. The summed E-state index contributed by atoms with van der Waals surface area (Å²) < 4.78 is 0. The molecule has 29 heavy (non-hydrogen) atoms. The Morgan fingerprint density at radius 1 is 1.14 bits per heavy atom. The molecular formula is C21H34IN5O2. The molecule has 2 N–H and O–H groups in total. The van der Waals surface area contributed by atoms with Crippen molar-refractivity contribution in [1.82, 2.24) is 20.4 Å². The Kier molecular flexibility index (Phi) is 11.6. The second-order valence-electron chi connectivity index (χ2n) is 7.35. The number of carbonyl (C=O) groups excluding carboxylic acids is 2. The Morgan fingerprint density at radius 3 is 2.38 bits per heavy atom. The maximum atomic E-state index is 12.5. The van der Waals surface area contributed by atoms with E-state index in [1.165, 1.54) is 10.5 Å². The van der Waals surface area contributed by atoms with Crippen LogP contribution in [0.5, 0.6) is 0 Å². The number of nitrogens with zero attached hydrogens (tertiary/aromatic N) is 3. The molecule has 1 heterocycles. The van der Waals surface area contributed by atoms with E-state index in [4.69, 9.17) is 0 Å². The summed E-state index contributed by atoms with van der Waals surface area (Å²) in [6.07, 6.45) is 3.13. The summed E-state index contributed by atoms with van der Waals surface area (Å²) in [7, 11) is 3.41. The quantitative estimate of drug-likeness (QED) is 0.330. The number of hydrogen-bond donors (Lipinski definition) is 2. The van der Waals surface area contributed by atoms with Gasteiger partial charge in [0.2, 0.25) is 11.8 Å². The third-order valence-electron chi connectivity index (χ3n) is 4.96. The lowest BCUT2D eigenvalue weighted by atomic mass is 9.90. The fraction of sp³-hybridized carbons (Fsp3) is 0.571. The van der Waals surface area contributed by atoms with Crippen molar-refractivity contribution in [3.05, 3.63) is 35.9 Å². The highest BCUT2D eigenvalue weighted by molar-refractivity contribution is 14.0. The molecule has 2 rings (SSSR count). The molecule has 0 aromatic heterocycles. The molecule has 1 saturated heterocycles. The van der Waals surface area contributed by atoms with Crippen LogP contribution in [-0.2, 0) is 16.0 Å². The van der Waals surface area contributed by atoms with Crippen LogP contribution < -0.4 is 10.6 Å². The third kappa shape index (κ3) is 9.01. The van der Waals surface area contributed by atoms with E-state index in [0.717, 1.165) is 32.4 Å². The van der Waals surface area contributed by atoms with Gasteiger partial charge in [-0.25, -0.2) is 4.99 Å². The highest BCUT2D eigenvalue weighted by Crippen LogP contribution is 2.21. The van der Waals surface area contributed by atoms with E-state index >= 15 is 0 Å². The molecule has 0 radical (unpaired) electrons. The van der Waals surface area contributed by atoms with E-state index in [2.05, 4.69) is 39.9 Å². The molecule has 1 fully saturated rings. The van der Waals surface area contributed by atoms with E-state index in [9.17, 15) is 9.59 Å². The number of carbonyl (C=O) groups is 2. The normalized spacial score (nSPS) is 14.7. The molecule has 0 spiro atoms. The number of halogens is 1. The zero-order chi connectivity index (χ0) is 20.4. The second kappa shape index (κ2) is 13.4. The van der Waals surface area contributed by atoms with Crippen LogP contribution in [0.3, 0.4) is 0 Å². The van der Waals surface area contributed by atoms with E-state index in [0.29, 0.717) is 18.4 Å². The number of guanidine groups is 1. The zero-order valence-electron chi connectivity index (χ0n) is 17.7. The van der Waals surface area contributed by atoms with Gasteiger partial charge in [-0.05, 0) is 37.7 Å². The van der Waals surface area contributed by atoms with Crippen LogP contribution in [0, 0.1) is 5.92 Å². The molecule has 8 heteroatoms. The van der Waals surface area contributed by atoms with Gasteiger partial charge in [-0.15, -0.1) is 24.0 Å². The first-order valence-corrected chi connectivity index (χ1v) is 10.0. The summed E-state index contributed by atoms with van der Waals surface area (Å²) in [5.41, 5.74) is 1.37. The highest BCUT2D eigenvalue weighted by Gasteiger charge is 2.22. The number of likely N-dealkylation sites (tertiary alicyclic amines) is 1. The molecule has 2 amide bonds. The molecule has 1 aliphatic heterocycles. The summed E-state index contributed by atoms with van der Waals surface area (Å²) in [6.45, 7) is 4.43. The molecule has 7 nitrogen and oxygen atoms in total. The number of nitrogens with one attached hydrogen (secondary N) is 2. The van der Waals surface area contributed by atoms with Crippen LogP contribution in [-0.4, -0.2) is 74.4 Å². The van der Waals surface area contributed by atoms with Crippen LogP contribution >= 0.6 is 24.0 Å². The van der Waals surface area contributed by atoms with Gasteiger partial charge in [-0.3, -0.25) is 9.59 Å².